The lowest BCUT2D eigenvalue weighted by Crippen LogP contribution is -1.83. The van der Waals surface area contributed by atoms with E-state index < -0.39 is 0 Å². The molecule has 0 aliphatic rings. The Morgan fingerprint density at radius 3 is 2.92 bits per heavy atom. The maximum Gasteiger partial charge on any atom is 0.260 e. The molecule has 0 fully saturated rings. The molecule has 2 heterocycles. The highest BCUT2D eigenvalue weighted by atomic mass is 32.1. The molecule has 5 heteroatoms. The van der Waals surface area contributed by atoms with Gasteiger partial charge in [0, 0.05) is 0 Å². The summed E-state index contributed by atoms with van der Waals surface area (Å²) in [6, 6.07) is 1.87. The lowest BCUT2D eigenvalue weighted by atomic mass is 10.3. The topological polar surface area (TPSA) is 64.9 Å². The highest BCUT2D eigenvalue weighted by Gasteiger charge is 2.09. The van der Waals surface area contributed by atoms with Crippen molar-refractivity contribution in [3.8, 4) is 11.5 Å². The molecule has 12 heavy (non-hydrogen) atoms. The highest BCUT2D eigenvalue weighted by Crippen LogP contribution is 2.28. The average Bonchev–Trinajstić information content (AvgIpc) is 2.58. The number of nitrogen functional groups attached to an aromatic ring is 1. The molecule has 2 aromatic rings. The molecular formula is C7H7N3OS. The van der Waals surface area contributed by atoms with Crippen molar-refractivity contribution in [1.82, 2.24) is 10.1 Å². The minimum absolute atomic E-state index is 0.492. The van der Waals surface area contributed by atoms with Crippen LogP contribution in [0, 0.1) is 6.92 Å². The summed E-state index contributed by atoms with van der Waals surface area (Å²) in [5, 5.41) is 6.28. The number of nitrogens with zero attached hydrogens (tertiary/aromatic N) is 2. The number of hydrogen-bond donors (Lipinski definition) is 1. The summed E-state index contributed by atoms with van der Waals surface area (Å²) >= 11 is 1.46. The first-order valence-electron chi connectivity index (χ1n) is 3.41. The number of rotatable bonds is 1. The van der Waals surface area contributed by atoms with Gasteiger partial charge in [0.25, 0.3) is 5.89 Å². The Bertz CT molecular complexity index is 393. The second kappa shape index (κ2) is 2.60. The van der Waals surface area contributed by atoms with Crippen LogP contribution in [0.5, 0.6) is 0 Å². The molecule has 0 aromatic carbocycles. The van der Waals surface area contributed by atoms with Gasteiger partial charge in [0.05, 0.1) is 10.6 Å². The molecule has 4 nitrogen and oxygen atoms in total. The normalized spacial score (nSPS) is 10.4. The van der Waals surface area contributed by atoms with E-state index in [9.17, 15) is 0 Å². The predicted molar refractivity (Wildman–Crippen MR) is 46.8 cm³/mol. The Hall–Kier alpha value is -1.36. The third-order valence-corrected chi connectivity index (χ3v) is 2.20. The zero-order valence-corrected chi connectivity index (χ0v) is 7.26. The van der Waals surface area contributed by atoms with Gasteiger partial charge in [0.2, 0.25) is 0 Å². The quantitative estimate of drug-likeness (QED) is 0.727. The van der Waals surface area contributed by atoms with Gasteiger partial charge in [-0.1, -0.05) is 5.16 Å². The van der Waals surface area contributed by atoms with Crippen LogP contribution in [0.4, 0.5) is 5.00 Å². The third kappa shape index (κ3) is 1.08. The number of aryl methyl sites for hydroxylation is 1. The molecule has 0 atom stereocenters. The molecular weight excluding hydrogens is 174 g/mol. The fourth-order valence-corrected chi connectivity index (χ4v) is 1.54. The molecule has 0 radical (unpaired) electrons. The van der Waals surface area contributed by atoms with Crippen LogP contribution in [-0.4, -0.2) is 10.1 Å². The van der Waals surface area contributed by atoms with E-state index in [1.165, 1.54) is 11.3 Å². The van der Waals surface area contributed by atoms with Crippen molar-refractivity contribution in [2.75, 3.05) is 5.73 Å². The highest BCUT2D eigenvalue weighted by molar-refractivity contribution is 7.14. The van der Waals surface area contributed by atoms with E-state index >= 15 is 0 Å². The van der Waals surface area contributed by atoms with Crippen LogP contribution in [0.1, 0.15) is 5.82 Å². The van der Waals surface area contributed by atoms with Gasteiger partial charge in [-0.25, -0.2) is 0 Å². The van der Waals surface area contributed by atoms with Gasteiger partial charge >= 0.3 is 0 Å². The van der Waals surface area contributed by atoms with Crippen molar-refractivity contribution >= 4 is 16.3 Å². The van der Waals surface area contributed by atoms with Gasteiger partial charge in [-0.2, -0.15) is 4.98 Å². The van der Waals surface area contributed by atoms with Crippen molar-refractivity contribution < 1.29 is 4.52 Å². The van der Waals surface area contributed by atoms with Gasteiger partial charge in [-0.15, -0.1) is 11.3 Å². The summed E-state index contributed by atoms with van der Waals surface area (Å²) in [6.45, 7) is 1.77. The Morgan fingerprint density at radius 2 is 2.42 bits per heavy atom. The molecule has 0 unspecified atom stereocenters. The van der Waals surface area contributed by atoms with E-state index in [1.807, 2.05) is 11.4 Å². The van der Waals surface area contributed by atoms with Crippen LogP contribution in [-0.2, 0) is 0 Å². The van der Waals surface area contributed by atoms with Crippen molar-refractivity contribution in [2.45, 2.75) is 6.92 Å². The average molecular weight is 181 g/mol. The minimum Gasteiger partial charge on any atom is -0.390 e. The van der Waals surface area contributed by atoms with Crippen molar-refractivity contribution in [3.05, 3.63) is 17.3 Å². The van der Waals surface area contributed by atoms with Crippen LogP contribution in [0.25, 0.3) is 11.5 Å². The molecule has 0 amide bonds. The van der Waals surface area contributed by atoms with E-state index in [1.54, 1.807) is 6.92 Å². The molecule has 0 saturated carbocycles. The summed E-state index contributed by atoms with van der Waals surface area (Å²) < 4.78 is 4.96. The minimum atomic E-state index is 0.492. The third-order valence-electron chi connectivity index (χ3n) is 1.45. The van der Waals surface area contributed by atoms with Crippen LogP contribution in [0.3, 0.4) is 0 Å². The fraction of sp³-hybridized carbons (Fsp3) is 0.143. The summed E-state index contributed by atoms with van der Waals surface area (Å²) in [5.74, 6) is 1.11. The zero-order valence-electron chi connectivity index (χ0n) is 6.44. The molecule has 62 valence electrons. The predicted octanol–water partition coefficient (Wildman–Crippen LogP) is 1.69. The molecule has 0 aliphatic carbocycles. The SMILES string of the molecule is Cc1noc(-c2ccsc2N)n1. The van der Waals surface area contributed by atoms with Gasteiger partial charge in [0.1, 0.15) is 0 Å². The van der Waals surface area contributed by atoms with Crippen LogP contribution in [0.15, 0.2) is 16.0 Å². The number of nitrogens with two attached hydrogens (primary N) is 1. The van der Waals surface area contributed by atoms with Crippen LogP contribution >= 0.6 is 11.3 Å². The molecule has 0 bridgehead atoms. The first kappa shape index (κ1) is 7.30. The summed E-state index contributed by atoms with van der Waals surface area (Å²) in [4.78, 5) is 4.06. The first-order valence-corrected chi connectivity index (χ1v) is 4.29. The lowest BCUT2D eigenvalue weighted by molar-refractivity contribution is 0.426. The Kier molecular flexibility index (Phi) is 1.58. The van der Waals surface area contributed by atoms with Crippen molar-refractivity contribution in [3.63, 3.8) is 0 Å². The van der Waals surface area contributed by atoms with E-state index in [-0.39, 0.29) is 0 Å². The van der Waals surface area contributed by atoms with Crippen molar-refractivity contribution in [1.29, 1.82) is 0 Å². The first-order chi connectivity index (χ1) is 5.77. The number of hydrogen-bond acceptors (Lipinski definition) is 5. The molecule has 0 saturated heterocycles. The summed E-state index contributed by atoms with van der Waals surface area (Å²) in [7, 11) is 0. The largest absolute Gasteiger partial charge is 0.390 e. The Labute approximate surface area is 73.0 Å². The summed E-state index contributed by atoms with van der Waals surface area (Å²) in [6.07, 6.45) is 0. The summed E-state index contributed by atoms with van der Waals surface area (Å²) in [5.41, 5.74) is 6.49. The zero-order chi connectivity index (χ0) is 8.55. The molecule has 2 N–H and O–H groups in total. The lowest BCUT2D eigenvalue weighted by Gasteiger charge is -1.88. The van der Waals surface area contributed by atoms with E-state index in [2.05, 4.69) is 10.1 Å². The van der Waals surface area contributed by atoms with E-state index in [0.29, 0.717) is 16.7 Å². The van der Waals surface area contributed by atoms with Gasteiger partial charge in [0.15, 0.2) is 5.82 Å². The second-order valence-corrected chi connectivity index (χ2v) is 3.29. The van der Waals surface area contributed by atoms with Gasteiger partial charge in [-0.3, -0.25) is 0 Å². The Morgan fingerprint density at radius 1 is 1.58 bits per heavy atom. The van der Waals surface area contributed by atoms with Crippen LogP contribution < -0.4 is 5.73 Å². The smallest absolute Gasteiger partial charge is 0.260 e. The van der Waals surface area contributed by atoms with E-state index in [4.69, 9.17) is 10.3 Å². The van der Waals surface area contributed by atoms with Crippen molar-refractivity contribution in [2.24, 2.45) is 0 Å². The van der Waals surface area contributed by atoms with Gasteiger partial charge < -0.3 is 10.3 Å². The Balaban J connectivity index is 2.50. The van der Waals surface area contributed by atoms with E-state index in [0.717, 1.165) is 5.56 Å². The maximum absolute atomic E-state index is 5.67. The number of anilines is 1. The maximum atomic E-state index is 5.67. The van der Waals surface area contributed by atoms with Crippen LogP contribution in [0.2, 0.25) is 0 Å². The standard InChI is InChI=1S/C7H7N3OS/c1-4-9-7(11-10-4)5-2-3-12-6(5)8/h2-3H,8H2,1H3. The fourth-order valence-electron chi connectivity index (χ4n) is 0.904. The molecule has 2 aromatic heterocycles. The number of aromatic nitrogens is 2. The monoisotopic (exact) mass is 181 g/mol. The molecule has 0 aliphatic heterocycles. The molecule has 2 rings (SSSR count). The molecule has 0 spiro atoms. The number of thiophene rings is 1. The second-order valence-electron chi connectivity index (χ2n) is 2.35. The van der Waals surface area contributed by atoms with Gasteiger partial charge in [-0.05, 0) is 18.4 Å².